The minimum absolute atomic E-state index is 0.0188. The quantitative estimate of drug-likeness (QED) is 0.794. The smallest absolute Gasteiger partial charge is 0.228 e. The molecule has 1 aliphatic carbocycles. The summed E-state index contributed by atoms with van der Waals surface area (Å²) in [6.07, 6.45) is 4.79. The van der Waals surface area contributed by atoms with E-state index in [-0.39, 0.29) is 29.6 Å². The van der Waals surface area contributed by atoms with Crippen molar-refractivity contribution in [3.63, 3.8) is 0 Å². The van der Waals surface area contributed by atoms with E-state index in [0.717, 1.165) is 12.8 Å². The molecule has 0 radical (unpaired) electrons. The van der Waals surface area contributed by atoms with Crippen LogP contribution in [0.5, 0.6) is 0 Å². The van der Waals surface area contributed by atoms with Crippen molar-refractivity contribution in [2.24, 2.45) is 17.8 Å². The molecule has 0 aromatic rings. The molecule has 4 unspecified atom stereocenters. The Labute approximate surface area is 121 Å². The van der Waals surface area contributed by atoms with Crippen LogP contribution in [0.25, 0.3) is 0 Å². The number of amides is 1. The number of carbonyl (C=O) groups is 2. The number of nitrogens with zero attached hydrogens (tertiary/aromatic N) is 1. The van der Waals surface area contributed by atoms with Gasteiger partial charge < -0.3 is 9.64 Å². The Hall–Kier alpha value is -0.900. The van der Waals surface area contributed by atoms with Gasteiger partial charge in [-0.15, -0.1) is 0 Å². The highest BCUT2D eigenvalue weighted by Gasteiger charge is 2.48. The zero-order valence-electron chi connectivity index (χ0n) is 13.1. The molecule has 1 saturated carbocycles. The predicted octanol–water partition coefficient (Wildman–Crippen LogP) is 2.26. The van der Waals surface area contributed by atoms with Gasteiger partial charge in [0.1, 0.15) is 5.78 Å². The fourth-order valence-corrected chi connectivity index (χ4v) is 3.86. The molecule has 0 spiro atoms. The number of hydrogen-bond acceptors (Lipinski definition) is 3. The molecular formula is C16H27NO3. The monoisotopic (exact) mass is 281 g/mol. The molecule has 1 saturated heterocycles. The molecule has 20 heavy (non-hydrogen) atoms. The Morgan fingerprint density at radius 1 is 1.35 bits per heavy atom. The minimum Gasteiger partial charge on any atom is -0.380 e. The van der Waals surface area contributed by atoms with Crippen molar-refractivity contribution in [2.75, 3.05) is 14.2 Å². The van der Waals surface area contributed by atoms with Crippen LogP contribution in [0.1, 0.15) is 46.0 Å². The normalized spacial score (nSPS) is 34.2. The van der Waals surface area contributed by atoms with Crippen molar-refractivity contribution < 1.29 is 14.3 Å². The van der Waals surface area contributed by atoms with Gasteiger partial charge in [-0.3, -0.25) is 9.59 Å². The summed E-state index contributed by atoms with van der Waals surface area (Å²) in [5.41, 5.74) is 0. The van der Waals surface area contributed by atoms with E-state index in [2.05, 4.69) is 0 Å². The Kier molecular flexibility index (Phi) is 4.84. The van der Waals surface area contributed by atoms with Gasteiger partial charge in [0.15, 0.2) is 0 Å². The van der Waals surface area contributed by atoms with Crippen molar-refractivity contribution in [2.45, 2.75) is 58.1 Å². The third kappa shape index (κ3) is 2.76. The summed E-state index contributed by atoms with van der Waals surface area (Å²) < 4.78 is 5.67. The lowest BCUT2D eigenvalue weighted by Crippen LogP contribution is -2.59. The van der Waals surface area contributed by atoms with Crippen LogP contribution >= 0.6 is 0 Å². The Morgan fingerprint density at radius 2 is 2.00 bits per heavy atom. The van der Waals surface area contributed by atoms with Gasteiger partial charge in [-0.2, -0.15) is 0 Å². The molecule has 114 valence electrons. The lowest BCUT2D eigenvalue weighted by Gasteiger charge is -2.49. The molecule has 2 rings (SSSR count). The van der Waals surface area contributed by atoms with Gasteiger partial charge >= 0.3 is 0 Å². The third-order valence-electron chi connectivity index (χ3n) is 5.10. The molecular weight excluding hydrogens is 254 g/mol. The number of likely N-dealkylation sites (tertiary alicyclic amines) is 1. The fourth-order valence-electron chi connectivity index (χ4n) is 3.86. The molecule has 2 fully saturated rings. The van der Waals surface area contributed by atoms with Crippen LogP contribution in [0.15, 0.2) is 0 Å². The number of Topliss-reactive ketones (excluding diaryl/α,β-unsaturated/α-hetero) is 1. The Bertz CT molecular complexity index is 380. The largest absolute Gasteiger partial charge is 0.380 e. The summed E-state index contributed by atoms with van der Waals surface area (Å²) in [5.74, 6) is 0.331. The van der Waals surface area contributed by atoms with Crippen molar-refractivity contribution in [3.8, 4) is 0 Å². The number of fused-ring (bicyclic) bond motifs is 1. The van der Waals surface area contributed by atoms with Crippen LogP contribution < -0.4 is 0 Å². The van der Waals surface area contributed by atoms with Crippen molar-refractivity contribution in [1.29, 1.82) is 0 Å². The average molecular weight is 281 g/mol. The first kappa shape index (κ1) is 15.5. The molecule has 0 aromatic carbocycles. The highest BCUT2D eigenvalue weighted by Crippen LogP contribution is 2.40. The van der Waals surface area contributed by atoms with E-state index in [4.69, 9.17) is 4.74 Å². The van der Waals surface area contributed by atoms with E-state index in [1.54, 1.807) is 7.11 Å². The molecule has 4 atom stereocenters. The summed E-state index contributed by atoms with van der Waals surface area (Å²) in [7, 11) is 3.58. The number of piperidine rings is 1. The second kappa shape index (κ2) is 6.25. The highest BCUT2D eigenvalue weighted by atomic mass is 16.5. The summed E-state index contributed by atoms with van der Waals surface area (Å²) in [6, 6.07) is 0.298. The predicted molar refractivity (Wildman–Crippen MR) is 77.3 cm³/mol. The lowest BCUT2D eigenvalue weighted by atomic mass is 9.71. The third-order valence-corrected chi connectivity index (χ3v) is 5.10. The molecule has 1 aliphatic heterocycles. The van der Waals surface area contributed by atoms with Gasteiger partial charge in [-0.05, 0) is 12.8 Å². The maximum Gasteiger partial charge on any atom is 0.228 e. The summed E-state index contributed by atoms with van der Waals surface area (Å²) in [4.78, 5) is 26.5. The maximum absolute atomic E-state index is 12.6. The topological polar surface area (TPSA) is 46.6 Å². The molecule has 1 amide bonds. The van der Waals surface area contributed by atoms with Crippen LogP contribution in [0, 0.1) is 17.8 Å². The molecule has 0 aromatic heterocycles. The summed E-state index contributed by atoms with van der Waals surface area (Å²) >= 11 is 0. The van der Waals surface area contributed by atoms with Crippen molar-refractivity contribution in [1.82, 2.24) is 4.90 Å². The number of hydrogen-bond donors (Lipinski definition) is 0. The number of ketones is 1. The first-order valence-electron chi connectivity index (χ1n) is 7.79. The van der Waals surface area contributed by atoms with E-state index < -0.39 is 0 Å². The number of ether oxygens (including phenoxy) is 1. The molecule has 4 nitrogen and oxygen atoms in total. The van der Waals surface area contributed by atoms with Crippen LogP contribution in [-0.2, 0) is 14.3 Å². The van der Waals surface area contributed by atoms with Crippen molar-refractivity contribution >= 4 is 11.7 Å². The zero-order valence-corrected chi connectivity index (χ0v) is 13.1. The van der Waals surface area contributed by atoms with Gasteiger partial charge in [0, 0.05) is 38.5 Å². The maximum atomic E-state index is 12.6. The molecule has 0 N–H and O–H groups in total. The first-order valence-corrected chi connectivity index (χ1v) is 7.79. The van der Waals surface area contributed by atoms with Gasteiger partial charge in [0.2, 0.25) is 5.91 Å². The highest BCUT2D eigenvalue weighted by molar-refractivity contribution is 5.88. The van der Waals surface area contributed by atoms with Crippen LogP contribution in [0.2, 0.25) is 0 Å². The Balaban J connectivity index is 2.20. The average Bonchev–Trinajstić information content (AvgIpc) is 2.44. The van der Waals surface area contributed by atoms with Crippen molar-refractivity contribution in [3.05, 3.63) is 0 Å². The Morgan fingerprint density at radius 3 is 2.60 bits per heavy atom. The van der Waals surface area contributed by atoms with Crippen LogP contribution in [0.4, 0.5) is 0 Å². The second-order valence-electron chi connectivity index (χ2n) is 6.60. The fraction of sp³-hybridized carbons (Fsp3) is 0.875. The van der Waals surface area contributed by atoms with Gasteiger partial charge in [-0.25, -0.2) is 0 Å². The number of carbonyl (C=O) groups excluding carboxylic acids is 2. The van der Waals surface area contributed by atoms with E-state index in [9.17, 15) is 9.59 Å². The molecule has 0 bridgehead atoms. The van der Waals surface area contributed by atoms with E-state index in [0.29, 0.717) is 18.4 Å². The molecule has 2 aliphatic rings. The zero-order chi connectivity index (χ0) is 14.9. The number of methoxy groups -OCH3 is 1. The standard InChI is InChI=1S/C16H27NO3/c1-10(2)14(18)9-12-15(20-4)11-7-5-6-8-13(11)17(3)16(12)19/h10-13,15H,5-9H2,1-4H3. The first-order chi connectivity index (χ1) is 9.47. The number of rotatable bonds is 4. The summed E-state index contributed by atoms with van der Waals surface area (Å²) in [5, 5.41) is 0. The minimum atomic E-state index is -0.292. The SMILES string of the molecule is COC1C(CC(=O)C(C)C)C(=O)N(C)C2CCCCC12. The van der Waals surface area contributed by atoms with E-state index in [1.807, 2.05) is 25.8 Å². The lowest BCUT2D eigenvalue weighted by molar-refractivity contribution is -0.161. The van der Waals surface area contributed by atoms with Crippen LogP contribution in [-0.4, -0.2) is 42.9 Å². The molecule has 4 heteroatoms. The van der Waals surface area contributed by atoms with Gasteiger partial charge in [0.25, 0.3) is 0 Å². The summed E-state index contributed by atoms with van der Waals surface area (Å²) in [6.45, 7) is 3.79. The second-order valence-corrected chi connectivity index (χ2v) is 6.60. The van der Waals surface area contributed by atoms with Crippen LogP contribution in [0.3, 0.4) is 0 Å². The van der Waals surface area contributed by atoms with E-state index in [1.165, 1.54) is 12.8 Å². The van der Waals surface area contributed by atoms with Gasteiger partial charge in [0.05, 0.1) is 12.0 Å². The van der Waals surface area contributed by atoms with Gasteiger partial charge in [-0.1, -0.05) is 26.7 Å². The van der Waals surface area contributed by atoms with E-state index >= 15 is 0 Å². The molecule has 1 heterocycles.